The van der Waals surface area contributed by atoms with Gasteiger partial charge in [0.05, 0.1) is 0 Å². The number of carbonyl (C=O) groups excluding carboxylic acids is 2. The van der Waals surface area contributed by atoms with Gasteiger partial charge in [-0.25, -0.2) is 0 Å². The molecule has 2 bridgehead atoms. The summed E-state index contributed by atoms with van der Waals surface area (Å²) in [5.41, 5.74) is 2.56. The van der Waals surface area contributed by atoms with Gasteiger partial charge in [0.2, 0.25) is 5.91 Å². The lowest BCUT2D eigenvalue weighted by Crippen LogP contribution is -2.67. The van der Waals surface area contributed by atoms with Gasteiger partial charge in [-0.2, -0.15) is 0 Å². The van der Waals surface area contributed by atoms with Gasteiger partial charge in [0, 0.05) is 30.1 Å². The third-order valence-corrected chi connectivity index (χ3v) is 8.98. The average Bonchev–Trinajstić information content (AvgIpc) is 2.81. The summed E-state index contributed by atoms with van der Waals surface area (Å²) in [7, 11) is 0. The first-order valence-electron chi connectivity index (χ1n) is 12.2. The van der Waals surface area contributed by atoms with Crippen LogP contribution >= 0.6 is 0 Å². The summed E-state index contributed by atoms with van der Waals surface area (Å²) in [4.78, 5) is 31.2. The van der Waals surface area contributed by atoms with Crippen LogP contribution in [0.5, 0.6) is 5.75 Å². The van der Waals surface area contributed by atoms with Crippen LogP contribution in [0, 0.1) is 5.41 Å². The highest BCUT2D eigenvalue weighted by atomic mass is 16.3. The van der Waals surface area contributed by atoms with Crippen molar-refractivity contribution < 1.29 is 14.7 Å². The second-order valence-electron chi connectivity index (χ2n) is 10.7. The molecule has 2 saturated heterocycles. The first-order valence-corrected chi connectivity index (χ1v) is 12.2. The lowest BCUT2D eigenvalue weighted by molar-refractivity contribution is -0.149. The quantitative estimate of drug-likeness (QED) is 0.737. The van der Waals surface area contributed by atoms with Crippen LogP contribution in [-0.4, -0.2) is 51.9 Å². The minimum Gasteiger partial charge on any atom is -0.508 e. The summed E-state index contributed by atoms with van der Waals surface area (Å²) in [6, 6.07) is 14.7. The summed E-state index contributed by atoms with van der Waals surface area (Å²) in [6.07, 6.45) is 4.09. The molecule has 5 heteroatoms. The van der Waals surface area contributed by atoms with Gasteiger partial charge in [-0.05, 0) is 66.8 Å². The Kier molecular flexibility index (Phi) is 5.26. The number of nitrogens with zero attached hydrogens (tertiary/aromatic N) is 2. The molecule has 2 aromatic carbocycles. The van der Waals surface area contributed by atoms with Crippen LogP contribution in [0.2, 0.25) is 0 Å². The van der Waals surface area contributed by atoms with Crippen molar-refractivity contribution in [1.29, 1.82) is 0 Å². The van der Waals surface area contributed by atoms with E-state index in [1.54, 1.807) is 11.0 Å². The molecule has 33 heavy (non-hydrogen) atoms. The average molecular weight is 447 g/mol. The zero-order chi connectivity index (χ0) is 23.4. The van der Waals surface area contributed by atoms with Gasteiger partial charge in [-0.3, -0.25) is 9.59 Å². The highest BCUT2D eigenvalue weighted by Crippen LogP contribution is 2.57. The minimum atomic E-state index is -0.419. The molecular weight excluding hydrogens is 412 g/mol. The highest BCUT2D eigenvalue weighted by molar-refractivity contribution is 5.97. The van der Waals surface area contributed by atoms with Gasteiger partial charge in [0.1, 0.15) is 11.8 Å². The zero-order valence-electron chi connectivity index (χ0n) is 19.9. The number of piperidine rings is 2. The Morgan fingerprint density at radius 2 is 1.70 bits per heavy atom. The van der Waals surface area contributed by atoms with E-state index >= 15 is 0 Å². The van der Waals surface area contributed by atoms with Gasteiger partial charge >= 0.3 is 0 Å². The highest BCUT2D eigenvalue weighted by Gasteiger charge is 2.58. The number of phenols is 1. The second-order valence-corrected chi connectivity index (χ2v) is 10.7. The summed E-state index contributed by atoms with van der Waals surface area (Å²) in [6.45, 7) is 8.11. The predicted octanol–water partition coefficient (Wildman–Crippen LogP) is 4.53. The third-order valence-electron chi connectivity index (χ3n) is 8.98. The molecule has 1 N–H and O–H groups in total. The molecule has 0 aromatic heterocycles. The molecule has 5 rings (SSSR count). The Morgan fingerprint density at radius 3 is 2.45 bits per heavy atom. The lowest BCUT2D eigenvalue weighted by atomic mass is 9.51. The number of benzene rings is 2. The van der Waals surface area contributed by atoms with Crippen molar-refractivity contribution in [3.8, 4) is 5.75 Å². The smallest absolute Gasteiger partial charge is 0.254 e. The van der Waals surface area contributed by atoms with E-state index in [1.165, 1.54) is 5.56 Å². The molecular formula is C28H34N2O3. The number of fused-ring (bicyclic) bond motifs is 4. The molecule has 1 unspecified atom stereocenters. The topological polar surface area (TPSA) is 60.9 Å². The van der Waals surface area contributed by atoms with E-state index in [2.05, 4.69) is 26.8 Å². The molecule has 2 amide bonds. The molecule has 2 aliphatic heterocycles. The molecule has 0 saturated carbocycles. The van der Waals surface area contributed by atoms with Gasteiger partial charge in [-0.15, -0.1) is 0 Å². The van der Waals surface area contributed by atoms with E-state index in [1.807, 2.05) is 41.3 Å². The van der Waals surface area contributed by atoms with Crippen molar-refractivity contribution in [2.75, 3.05) is 13.1 Å². The molecule has 2 fully saturated rings. The van der Waals surface area contributed by atoms with Gasteiger partial charge < -0.3 is 14.9 Å². The maximum absolute atomic E-state index is 14.1. The van der Waals surface area contributed by atoms with E-state index in [0.29, 0.717) is 37.2 Å². The first kappa shape index (κ1) is 22.0. The molecule has 5 nitrogen and oxygen atoms in total. The molecule has 3 aliphatic rings. The molecule has 3 atom stereocenters. The van der Waals surface area contributed by atoms with Crippen LogP contribution < -0.4 is 0 Å². The lowest BCUT2D eigenvalue weighted by Gasteiger charge is -2.61. The molecule has 2 aromatic rings. The summed E-state index contributed by atoms with van der Waals surface area (Å²) in [5.74, 6) is 0.339. The minimum absolute atomic E-state index is 0.0137. The number of phenolic OH excluding ortho intramolecular Hbond substituents is 1. The molecule has 1 aliphatic carbocycles. The normalized spacial score (nSPS) is 28.2. The maximum Gasteiger partial charge on any atom is 0.254 e. The summed E-state index contributed by atoms with van der Waals surface area (Å²) in [5, 5.41) is 10.7. The molecule has 0 spiro atoms. The van der Waals surface area contributed by atoms with Gasteiger partial charge in [0.25, 0.3) is 5.91 Å². The fourth-order valence-corrected chi connectivity index (χ4v) is 6.56. The van der Waals surface area contributed by atoms with Crippen molar-refractivity contribution >= 4 is 11.8 Å². The number of rotatable bonds is 2. The largest absolute Gasteiger partial charge is 0.508 e. The van der Waals surface area contributed by atoms with E-state index in [0.717, 1.165) is 24.8 Å². The van der Waals surface area contributed by atoms with Crippen LogP contribution in [0.3, 0.4) is 0 Å². The van der Waals surface area contributed by atoms with Crippen LogP contribution in [0.15, 0.2) is 48.5 Å². The number of likely N-dealkylation sites (tertiary alicyclic amines) is 2. The van der Waals surface area contributed by atoms with E-state index in [4.69, 9.17) is 0 Å². The standard InChI is InChI=1S/C28H34N2O3/c1-27(2)24-18-20-21(12-9-14-23(20)31)28(27,3)15-17-30(24)26(33)22-13-7-8-16-29(22)25(32)19-10-5-4-6-11-19/h4-6,9-12,14,22,24,31H,7-8,13,15-18H2,1-3H3/t22?,24-,28+/m1/s1. The Hall–Kier alpha value is -2.82. The van der Waals surface area contributed by atoms with E-state index in [-0.39, 0.29) is 28.7 Å². The maximum atomic E-state index is 14.1. The van der Waals surface area contributed by atoms with Crippen molar-refractivity contribution in [2.45, 2.75) is 70.4 Å². The summed E-state index contributed by atoms with van der Waals surface area (Å²) >= 11 is 0. The SMILES string of the molecule is CC1(C)[C@H]2Cc3c(O)cccc3[C@]1(C)CCN2C(=O)C1CCCCN1C(=O)c1ccccc1. The Labute approximate surface area is 196 Å². The number of hydrogen-bond acceptors (Lipinski definition) is 3. The molecule has 174 valence electrons. The molecule has 0 radical (unpaired) electrons. The van der Waals surface area contributed by atoms with Crippen LogP contribution in [0.1, 0.15) is 67.9 Å². The predicted molar refractivity (Wildman–Crippen MR) is 128 cm³/mol. The Bertz CT molecular complexity index is 1080. The third kappa shape index (κ3) is 3.27. The van der Waals surface area contributed by atoms with Gasteiger partial charge in [-0.1, -0.05) is 51.1 Å². The van der Waals surface area contributed by atoms with E-state index in [9.17, 15) is 14.7 Å². The number of hydrogen-bond donors (Lipinski definition) is 1. The summed E-state index contributed by atoms with van der Waals surface area (Å²) < 4.78 is 0. The number of amides is 2. The fourth-order valence-electron chi connectivity index (χ4n) is 6.56. The number of aromatic hydroxyl groups is 1. The Morgan fingerprint density at radius 1 is 0.939 bits per heavy atom. The first-order chi connectivity index (χ1) is 15.8. The zero-order valence-corrected chi connectivity index (χ0v) is 19.9. The van der Waals surface area contributed by atoms with Crippen molar-refractivity contribution in [2.24, 2.45) is 5.41 Å². The van der Waals surface area contributed by atoms with Crippen LogP contribution in [-0.2, 0) is 16.6 Å². The van der Waals surface area contributed by atoms with Gasteiger partial charge in [0.15, 0.2) is 0 Å². The van der Waals surface area contributed by atoms with Crippen molar-refractivity contribution in [3.63, 3.8) is 0 Å². The van der Waals surface area contributed by atoms with Crippen LogP contribution in [0.25, 0.3) is 0 Å². The Balaban J connectivity index is 1.48. The van der Waals surface area contributed by atoms with Crippen molar-refractivity contribution in [1.82, 2.24) is 9.80 Å². The van der Waals surface area contributed by atoms with Crippen LogP contribution in [0.4, 0.5) is 0 Å². The monoisotopic (exact) mass is 446 g/mol. The van der Waals surface area contributed by atoms with Crippen molar-refractivity contribution in [3.05, 3.63) is 65.2 Å². The molecule has 2 heterocycles. The number of carbonyl (C=O) groups is 2. The second kappa shape index (κ2) is 7.89. The van der Waals surface area contributed by atoms with E-state index < -0.39 is 6.04 Å². The fraction of sp³-hybridized carbons (Fsp3) is 0.500.